The van der Waals surface area contributed by atoms with Crippen LogP contribution < -0.4 is 11.5 Å². The SMILES string of the molecule is NC(=O)N1C[C@@H]2CCN(C(=O)C[C@H](N)Cc3cc(F)c(F)cc3F)[C@@H]2C1.O=C(O)C=CC(=O)O. The summed E-state index contributed by atoms with van der Waals surface area (Å²) in [5, 5.41) is 15.6. The van der Waals surface area contributed by atoms with Crippen LogP contribution in [0.4, 0.5) is 18.0 Å². The Bertz CT molecular complexity index is 974. The largest absolute Gasteiger partial charge is 0.478 e. The lowest BCUT2D eigenvalue weighted by Crippen LogP contribution is -2.43. The third kappa shape index (κ3) is 7.20. The van der Waals surface area contributed by atoms with E-state index in [9.17, 15) is 32.3 Å². The van der Waals surface area contributed by atoms with Crippen molar-refractivity contribution < 1.29 is 42.6 Å². The summed E-state index contributed by atoms with van der Waals surface area (Å²) in [6.07, 6.45) is 1.78. The summed E-state index contributed by atoms with van der Waals surface area (Å²) in [5.41, 5.74) is 11.2. The van der Waals surface area contributed by atoms with Crippen LogP contribution >= 0.6 is 0 Å². The average molecular weight is 486 g/mol. The molecule has 6 N–H and O–H groups in total. The topological polar surface area (TPSA) is 167 Å². The van der Waals surface area contributed by atoms with E-state index < -0.39 is 41.5 Å². The number of benzene rings is 1. The van der Waals surface area contributed by atoms with Crippen LogP contribution in [0, 0.1) is 23.4 Å². The van der Waals surface area contributed by atoms with Crippen molar-refractivity contribution in [2.45, 2.75) is 31.3 Å². The second kappa shape index (κ2) is 11.5. The first-order valence-corrected chi connectivity index (χ1v) is 10.3. The molecule has 34 heavy (non-hydrogen) atoms. The Labute approximate surface area is 192 Å². The van der Waals surface area contributed by atoms with Gasteiger partial charge in [0.2, 0.25) is 5.91 Å². The molecule has 2 aliphatic rings. The zero-order valence-corrected chi connectivity index (χ0v) is 18.0. The zero-order valence-electron chi connectivity index (χ0n) is 18.0. The van der Waals surface area contributed by atoms with Gasteiger partial charge in [-0.15, -0.1) is 0 Å². The van der Waals surface area contributed by atoms with Crippen molar-refractivity contribution in [2.24, 2.45) is 17.4 Å². The molecule has 186 valence electrons. The minimum absolute atomic E-state index is 0.0434. The van der Waals surface area contributed by atoms with Gasteiger partial charge in [-0.25, -0.2) is 27.6 Å². The standard InChI is InChI=1S/C17H21F3N4O2.C4H4O4/c18-12-6-14(20)13(19)4-10(12)3-11(21)5-16(25)24-2-1-9-7-23(17(22)26)8-15(9)24;5-3(6)1-2-4(7)8/h4,6,9,11,15H,1-3,5,7-8,21H2,(H2,22,26);1-2H,(H,5,6)(H,7,8)/t9-,11+,15+;/m0./s1. The summed E-state index contributed by atoms with van der Waals surface area (Å²) < 4.78 is 40.0. The van der Waals surface area contributed by atoms with Crippen LogP contribution in [0.1, 0.15) is 18.4 Å². The van der Waals surface area contributed by atoms with Crippen molar-refractivity contribution in [3.8, 4) is 0 Å². The number of carbonyl (C=O) groups excluding carboxylic acids is 2. The number of carboxylic acid groups (broad SMARTS) is 2. The number of urea groups is 1. The maximum absolute atomic E-state index is 13.7. The molecule has 0 saturated carbocycles. The number of rotatable bonds is 6. The summed E-state index contributed by atoms with van der Waals surface area (Å²) in [5.74, 6) is -5.81. The van der Waals surface area contributed by atoms with E-state index in [0.717, 1.165) is 12.5 Å². The number of nitrogens with zero attached hydrogens (tertiary/aromatic N) is 2. The highest BCUT2D eigenvalue weighted by atomic mass is 19.2. The van der Waals surface area contributed by atoms with E-state index in [1.54, 1.807) is 4.90 Å². The second-order valence-electron chi connectivity index (χ2n) is 7.98. The number of fused-ring (bicyclic) bond motifs is 1. The van der Waals surface area contributed by atoms with Crippen molar-refractivity contribution in [2.75, 3.05) is 19.6 Å². The van der Waals surface area contributed by atoms with E-state index in [2.05, 4.69) is 0 Å². The number of aliphatic carboxylic acids is 2. The number of primary amides is 1. The lowest BCUT2D eigenvalue weighted by atomic mass is 10.0. The van der Waals surface area contributed by atoms with Crippen molar-refractivity contribution in [3.05, 3.63) is 47.3 Å². The molecule has 3 atom stereocenters. The van der Waals surface area contributed by atoms with Crippen LogP contribution in [-0.2, 0) is 20.8 Å². The van der Waals surface area contributed by atoms with E-state index >= 15 is 0 Å². The fourth-order valence-corrected chi connectivity index (χ4v) is 4.01. The lowest BCUT2D eigenvalue weighted by Gasteiger charge is -2.26. The van der Waals surface area contributed by atoms with Gasteiger partial charge in [-0.1, -0.05) is 0 Å². The van der Waals surface area contributed by atoms with E-state index in [-0.39, 0.29) is 36.3 Å². The van der Waals surface area contributed by atoms with Crippen molar-refractivity contribution in [1.82, 2.24) is 9.80 Å². The molecule has 2 heterocycles. The van der Waals surface area contributed by atoms with Crippen molar-refractivity contribution in [1.29, 1.82) is 0 Å². The number of likely N-dealkylation sites (tertiary alicyclic amines) is 2. The highest BCUT2D eigenvalue weighted by molar-refractivity contribution is 5.89. The van der Waals surface area contributed by atoms with Gasteiger partial charge in [0, 0.05) is 56.2 Å². The average Bonchev–Trinajstić information content (AvgIpc) is 3.32. The van der Waals surface area contributed by atoms with Crippen LogP contribution in [0.2, 0.25) is 0 Å². The van der Waals surface area contributed by atoms with Crippen molar-refractivity contribution in [3.63, 3.8) is 0 Å². The predicted octanol–water partition coefficient (Wildman–Crippen LogP) is 0.687. The minimum Gasteiger partial charge on any atom is -0.478 e. The van der Waals surface area contributed by atoms with Gasteiger partial charge in [-0.3, -0.25) is 4.79 Å². The first-order chi connectivity index (χ1) is 15.9. The monoisotopic (exact) mass is 486 g/mol. The van der Waals surface area contributed by atoms with Crippen LogP contribution in [-0.4, -0.2) is 75.6 Å². The molecule has 0 unspecified atom stereocenters. The Kier molecular flexibility index (Phi) is 9.01. The molecule has 0 bridgehead atoms. The molecular formula is C21H25F3N4O6. The number of amides is 3. The Morgan fingerprint density at radius 1 is 1.03 bits per heavy atom. The molecule has 1 aromatic rings. The Hall–Kier alpha value is -3.61. The third-order valence-corrected chi connectivity index (χ3v) is 5.56. The minimum atomic E-state index is -1.26. The van der Waals surface area contributed by atoms with E-state index in [1.165, 1.54) is 4.90 Å². The summed E-state index contributed by atoms with van der Waals surface area (Å²) >= 11 is 0. The van der Waals surface area contributed by atoms with E-state index in [4.69, 9.17) is 21.7 Å². The Balaban J connectivity index is 0.000000440. The zero-order chi connectivity index (χ0) is 25.6. The van der Waals surface area contributed by atoms with Crippen LogP contribution in [0.15, 0.2) is 24.3 Å². The van der Waals surface area contributed by atoms with Gasteiger partial charge in [0.25, 0.3) is 0 Å². The molecule has 0 radical (unpaired) electrons. The van der Waals surface area contributed by atoms with E-state index in [1.807, 2.05) is 0 Å². The maximum atomic E-state index is 13.7. The summed E-state index contributed by atoms with van der Waals surface area (Å²) in [7, 11) is 0. The molecule has 3 amide bonds. The lowest BCUT2D eigenvalue weighted by molar-refractivity contribution is -0.134. The number of carboxylic acids is 2. The Morgan fingerprint density at radius 3 is 2.18 bits per heavy atom. The molecule has 2 fully saturated rings. The number of hydrogen-bond donors (Lipinski definition) is 4. The van der Waals surface area contributed by atoms with Gasteiger partial charge >= 0.3 is 18.0 Å². The van der Waals surface area contributed by atoms with Gasteiger partial charge in [0.1, 0.15) is 5.82 Å². The molecule has 13 heteroatoms. The van der Waals surface area contributed by atoms with Gasteiger partial charge < -0.3 is 31.5 Å². The number of hydrogen-bond acceptors (Lipinski definition) is 5. The predicted molar refractivity (Wildman–Crippen MR) is 112 cm³/mol. The molecule has 10 nitrogen and oxygen atoms in total. The first-order valence-electron chi connectivity index (χ1n) is 10.3. The van der Waals surface area contributed by atoms with Crippen molar-refractivity contribution >= 4 is 23.9 Å². The summed E-state index contributed by atoms with van der Waals surface area (Å²) in [6, 6.07) is -0.0711. The molecule has 3 rings (SSSR count). The normalized spacial score (nSPS) is 20.0. The van der Waals surface area contributed by atoms with Crippen LogP contribution in [0.5, 0.6) is 0 Å². The second-order valence-corrected chi connectivity index (χ2v) is 7.98. The molecule has 2 aliphatic heterocycles. The molecular weight excluding hydrogens is 461 g/mol. The molecule has 1 aromatic carbocycles. The van der Waals surface area contributed by atoms with Crippen LogP contribution in [0.25, 0.3) is 0 Å². The fourth-order valence-electron chi connectivity index (χ4n) is 4.01. The third-order valence-electron chi connectivity index (χ3n) is 5.56. The van der Waals surface area contributed by atoms with Gasteiger partial charge in [-0.05, 0) is 24.5 Å². The summed E-state index contributed by atoms with van der Waals surface area (Å²) in [4.78, 5) is 46.2. The van der Waals surface area contributed by atoms with Gasteiger partial charge in [-0.2, -0.15) is 0 Å². The smallest absolute Gasteiger partial charge is 0.328 e. The molecule has 0 aliphatic carbocycles. The molecule has 2 saturated heterocycles. The fraction of sp³-hybridized carbons (Fsp3) is 0.429. The van der Waals surface area contributed by atoms with Crippen LogP contribution in [0.3, 0.4) is 0 Å². The highest BCUT2D eigenvalue weighted by Gasteiger charge is 2.44. The first kappa shape index (κ1) is 26.6. The highest BCUT2D eigenvalue weighted by Crippen LogP contribution is 2.32. The molecule has 0 spiro atoms. The van der Waals surface area contributed by atoms with E-state index in [0.29, 0.717) is 37.9 Å². The maximum Gasteiger partial charge on any atom is 0.328 e. The number of nitrogens with two attached hydrogens (primary N) is 2. The van der Waals surface area contributed by atoms with Gasteiger partial charge in [0.05, 0.1) is 6.04 Å². The number of halogens is 3. The van der Waals surface area contributed by atoms with Gasteiger partial charge in [0.15, 0.2) is 11.6 Å². The summed E-state index contributed by atoms with van der Waals surface area (Å²) in [6.45, 7) is 1.52. The number of carbonyl (C=O) groups is 4. The quantitative estimate of drug-likeness (QED) is 0.339. The Morgan fingerprint density at radius 2 is 1.62 bits per heavy atom. The molecule has 0 aromatic heterocycles.